The number of amides is 1. The van der Waals surface area contributed by atoms with Gasteiger partial charge >= 0.3 is 0 Å². The standard InChI is InChI=1S/C13H19N5O/c1-9-7-11(16-13(14-2)15-9)17-5-6-18-10(8-17)3-4-12(18)19/h7,10H,3-6,8H2,1-2H3,(H,14,15,16). The molecule has 1 unspecified atom stereocenters. The first-order chi connectivity index (χ1) is 9.17. The Kier molecular flexibility index (Phi) is 3.00. The van der Waals surface area contributed by atoms with Crippen molar-refractivity contribution in [2.75, 3.05) is 36.9 Å². The molecule has 0 aliphatic carbocycles. The van der Waals surface area contributed by atoms with Gasteiger partial charge in [0.25, 0.3) is 0 Å². The van der Waals surface area contributed by atoms with Gasteiger partial charge in [0.2, 0.25) is 11.9 Å². The number of anilines is 2. The molecule has 6 nitrogen and oxygen atoms in total. The Balaban J connectivity index is 1.80. The summed E-state index contributed by atoms with van der Waals surface area (Å²) in [5.41, 5.74) is 0.958. The highest BCUT2D eigenvalue weighted by molar-refractivity contribution is 5.79. The lowest BCUT2D eigenvalue weighted by Crippen LogP contribution is -2.51. The molecular weight excluding hydrogens is 242 g/mol. The van der Waals surface area contributed by atoms with Crippen molar-refractivity contribution in [3.05, 3.63) is 11.8 Å². The first kappa shape index (κ1) is 12.2. The predicted octanol–water partition coefficient (Wildman–Crippen LogP) is 0.638. The maximum Gasteiger partial charge on any atom is 0.224 e. The number of rotatable bonds is 2. The Morgan fingerprint density at radius 3 is 3.00 bits per heavy atom. The van der Waals surface area contributed by atoms with Gasteiger partial charge in [-0.05, 0) is 13.3 Å². The van der Waals surface area contributed by atoms with Gasteiger partial charge in [-0.25, -0.2) is 4.98 Å². The van der Waals surface area contributed by atoms with Crippen LogP contribution in [0.2, 0.25) is 0 Å². The molecule has 0 radical (unpaired) electrons. The van der Waals surface area contributed by atoms with Crippen molar-refractivity contribution in [1.82, 2.24) is 14.9 Å². The average molecular weight is 261 g/mol. The highest BCUT2D eigenvalue weighted by atomic mass is 16.2. The second-order valence-corrected chi connectivity index (χ2v) is 5.17. The van der Waals surface area contributed by atoms with Crippen molar-refractivity contribution < 1.29 is 4.79 Å². The van der Waals surface area contributed by atoms with Crippen LogP contribution in [-0.4, -0.2) is 53.5 Å². The number of piperazine rings is 1. The summed E-state index contributed by atoms with van der Waals surface area (Å²) in [5, 5.41) is 2.99. The van der Waals surface area contributed by atoms with Crippen molar-refractivity contribution in [3.63, 3.8) is 0 Å². The van der Waals surface area contributed by atoms with Crippen molar-refractivity contribution in [2.24, 2.45) is 0 Å². The smallest absolute Gasteiger partial charge is 0.224 e. The fraction of sp³-hybridized carbons (Fsp3) is 0.615. The third-order valence-electron chi connectivity index (χ3n) is 3.88. The molecule has 102 valence electrons. The van der Waals surface area contributed by atoms with Gasteiger partial charge in [0.1, 0.15) is 5.82 Å². The molecule has 0 bridgehead atoms. The van der Waals surface area contributed by atoms with Gasteiger partial charge in [0.15, 0.2) is 0 Å². The molecule has 0 saturated carbocycles. The Bertz CT molecular complexity index is 504. The zero-order chi connectivity index (χ0) is 13.4. The Morgan fingerprint density at radius 1 is 1.37 bits per heavy atom. The quantitative estimate of drug-likeness (QED) is 0.846. The minimum Gasteiger partial charge on any atom is -0.357 e. The van der Waals surface area contributed by atoms with Crippen LogP contribution in [0.25, 0.3) is 0 Å². The molecule has 1 aromatic heterocycles. The topological polar surface area (TPSA) is 61.4 Å². The third kappa shape index (κ3) is 2.22. The van der Waals surface area contributed by atoms with Crippen LogP contribution in [0.4, 0.5) is 11.8 Å². The van der Waals surface area contributed by atoms with Crippen LogP contribution >= 0.6 is 0 Å². The minimum atomic E-state index is 0.305. The van der Waals surface area contributed by atoms with Crippen LogP contribution in [0.15, 0.2) is 6.07 Å². The number of fused-ring (bicyclic) bond motifs is 1. The third-order valence-corrected chi connectivity index (χ3v) is 3.88. The highest BCUT2D eigenvalue weighted by Crippen LogP contribution is 2.26. The number of aryl methyl sites for hydroxylation is 1. The fourth-order valence-corrected chi connectivity index (χ4v) is 2.90. The molecule has 2 fully saturated rings. The molecule has 6 heteroatoms. The van der Waals surface area contributed by atoms with Gasteiger partial charge in [0.05, 0.1) is 0 Å². The van der Waals surface area contributed by atoms with E-state index in [1.807, 2.05) is 24.9 Å². The number of hydrogen-bond acceptors (Lipinski definition) is 5. The Hall–Kier alpha value is -1.85. The lowest BCUT2D eigenvalue weighted by Gasteiger charge is -2.38. The molecule has 2 aliphatic rings. The van der Waals surface area contributed by atoms with Crippen molar-refractivity contribution in [2.45, 2.75) is 25.8 Å². The number of nitrogens with one attached hydrogen (secondary N) is 1. The zero-order valence-electron chi connectivity index (χ0n) is 11.4. The van der Waals surface area contributed by atoms with Crippen molar-refractivity contribution in [3.8, 4) is 0 Å². The number of carbonyl (C=O) groups is 1. The number of carbonyl (C=O) groups excluding carboxylic acids is 1. The van der Waals surface area contributed by atoms with Crippen LogP contribution in [-0.2, 0) is 4.79 Å². The largest absolute Gasteiger partial charge is 0.357 e. The summed E-state index contributed by atoms with van der Waals surface area (Å²) in [7, 11) is 1.83. The lowest BCUT2D eigenvalue weighted by molar-refractivity contribution is -0.129. The van der Waals surface area contributed by atoms with E-state index in [-0.39, 0.29) is 0 Å². The second kappa shape index (κ2) is 4.68. The Labute approximate surface area is 112 Å². The molecule has 2 saturated heterocycles. The molecule has 0 spiro atoms. The minimum absolute atomic E-state index is 0.305. The zero-order valence-corrected chi connectivity index (χ0v) is 11.4. The summed E-state index contributed by atoms with van der Waals surface area (Å²) >= 11 is 0. The summed E-state index contributed by atoms with van der Waals surface area (Å²) in [6.07, 6.45) is 1.67. The molecule has 0 aromatic carbocycles. The summed E-state index contributed by atoms with van der Waals surface area (Å²) in [5.74, 6) is 1.91. The second-order valence-electron chi connectivity index (χ2n) is 5.17. The summed E-state index contributed by atoms with van der Waals surface area (Å²) in [6.45, 7) is 4.51. The van der Waals surface area contributed by atoms with E-state index in [2.05, 4.69) is 20.2 Å². The molecule has 3 rings (SSSR count). The Morgan fingerprint density at radius 2 is 2.21 bits per heavy atom. The summed E-state index contributed by atoms with van der Waals surface area (Å²) in [6, 6.07) is 2.36. The molecular formula is C13H19N5O. The monoisotopic (exact) mass is 261 g/mol. The van der Waals surface area contributed by atoms with Crippen LogP contribution < -0.4 is 10.2 Å². The summed E-state index contributed by atoms with van der Waals surface area (Å²) < 4.78 is 0. The van der Waals surface area contributed by atoms with Gasteiger partial charge < -0.3 is 15.1 Å². The first-order valence-corrected chi connectivity index (χ1v) is 6.75. The van der Waals surface area contributed by atoms with E-state index in [0.29, 0.717) is 24.3 Å². The number of aromatic nitrogens is 2. The fourth-order valence-electron chi connectivity index (χ4n) is 2.90. The van der Waals surface area contributed by atoms with Crippen molar-refractivity contribution in [1.29, 1.82) is 0 Å². The van der Waals surface area contributed by atoms with E-state index in [1.165, 1.54) is 0 Å². The van der Waals surface area contributed by atoms with Crippen molar-refractivity contribution >= 4 is 17.7 Å². The number of hydrogen-bond donors (Lipinski definition) is 1. The van der Waals surface area contributed by atoms with E-state index in [9.17, 15) is 4.79 Å². The van der Waals surface area contributed by atoms with Gasteiger partial charge in [-0.2, -0.15) is 4.98 Å². The maximum atomic E-state index is 11.7. The van der Waals surface area contributed by atoms with Crippen LogP contribution in [0, 0.1) is 6.92 Å². The lowest BCUT2D eigenvalue weighted by atomic mass is 10.1. The van der Waals surface area contributed by atoms with Gasteiger partial charge in [-0.3, -0.25) is 4.79 Å². The van der Waals surface area contributed by atoms with Crippen LogP contribution in [0.5, 0.6) is 0 Å². The number of nitrogens with zero attached hydrogens (tertiary/aromatic N) is 4. The van der Waals surface area contributed by atoms with E-state index in [4.69, 9.17) is 0 Å². The van der Waals surface area contributed by atoms with E-state index in [1.54, 1.807) is 0 Å². The van der Waals surface area contributed by atoms with Crippen LogP contribution in [0.3, 0.4) is 0 Å². The SMILES string of the molecule is CNc1nc(C)cc(N2CCN3C(=O)CCC3C2)n1. The van der Waals surface area contributed by atoms with Gasteiger partial charge in [0, 0.05) is 50.9 Å². The predicted molar refractivity (Wildman–Crippen MR) is 73.3 cm³/mol. The van der Waals surface area contributed by atoms with Gasteiger partial charge in [-0.1, -0.05) is 0 Å². The molecule has 1 aromatic rings. The van der Waals surface area contributed by atoms with E-state index < -0.39 is 0 Å². The maximum absolute atomic E-state index is 11.7. The van der Waals surface area contributed by atoms with Gasteiger partial charge in [-0.15, -0.1) is 0 Å². The average Bonchev–Trinajstić information content (AvgIpc) is 2.79. The highest BCUT2D eigenvalue weighted by Gasteiger charge is 2.35. The molecule has 3 heterocycles. The molecule has 1 amide bonds. The summed E-state index contributed by atoms with van der Waals surface area (Å²) in [4.78, 5) is 24.8. The van der Waals surface area contributed by atoms with E-state index >= 15 is 0 Å². The first-order valence-electron chi connectivity index (χ1n) is 6.75. The van der Waals surface area contributed by atoms with Crippen LogP contribution in [0.1, 0.15) is 18.5 Å². The molecule has 1 atom stereocenters. The molecule has 19 heavy (non-hydrogen) atoms. The molecule has 1 N–H and O–H groups in total. The normalized spacial score (nSPS) is 22.6. The molecule has 2 aliphatic heterocycles. The van der Waals surface area contributed by atoms with E-state index in [0.717, 1.165) is 37.6 Å².